The first-order valence-corrected chi connectivity index (χ1v) is 4.90. The van der Waals surface area contributed by atoms with Crippen LogP contribution in [0.4, 0.5) is 8.78 Å². The van der Waals surface area contributed by atoms with Gasteiger partial charge in [-0.05, 0) is 12.1 Å². The van der Waals surface area contributed by atoms with Crippen LogP contribution in [0, 0.1) is 11.6 Å². The van der Waals surface area contributed by atoms with Crippen LogP contribution in [0.5, 0.6) is 5.75 Å². The highest BCUT2D eigenvalue weighted by molar-refractivity contribution is 5.34. The number of rotatable bonds is 6. The summed E-state index contributed by atoms with van der Waals surface area (Å²) in [7, 11) is 1.57. The van der Waals surface area contributed by atoms with Crippen molar-refractivity contribution in [3.8, 4) is 5.75 Å². The minimum absolute atomic E-state index is 0.155. The average molecular weight is 232 g/mol. The molecule has 0 unspecified atom stereocenters. The van der Waals surface area contributed by atoms with E-state index in [9.17, 15) is 8.78 Å². The first-order valence-electron chi connectivity index (χ1n) is 4.90. The molecule has 0 radical (unpaired) electrons. The number of aliphatic hydroxyl groups excluding tert-OH is 1. The van der Waals surface area contributed by atoms with Gasteiger partial charge in [-0.25, -0.2) is 8.78 Å². The van der Waals surface area contributed by atoms with E-state index in [1.165, 1.54) is 6.07 Å². The van der Waals surface area contributed by atoms with Crippen molar-refractivity contribution in [1.82, 2.24) is 0 Å². The minimum Gasteiger partial charge on any atom is -0.493 e. The van der Waals surface area contributed by atoms with E-state index in [1.54, 1.807) is 7.11 Å². The molecule has 1 rings (SSSR count). The van der Waals surface area contributed by atoms with E-state index < -0.39 is 18.2 Å². The van der Waals surface area contributed by atoms with Crippen LogP contribution in [0.15, 0.2) is 12.1 Å². The van der Waals surface area contributed by atoms with E-state index in [4.69, 9.17) is 14.6 Å². The van der Waals surface area contributed by atoms with Gasteiger partial charge in [0.1, 0.15) is 5.75 Å². The number of benzene rings is 1. The SMILES string of the molecule is COCCCOc1ccc(F)c(F)c1CO. The Kier molecular flexibility index (Phi) is 5.14. The fourth-order valence-electron chi connectivity index (χ4n) is 1.24. The molecule has 0 fully saturated rings. The molecule has 1 aromatic rings. The summed E-state index contributed by atoms with van der Waals surface area (Å²) in [6.07, 6.45) is 0.639. The van der Waals surface area contributed by atoms with Gasteiger partial charge < -0.3 is 14.6 Å². The fourth-order valence-corrected chi connectivity index (χ4v) is 1.24. The van der Waals surface area contributed by atoms with Gasteiger partial charge >= 0.3 is 0 Å². The summed E-state index contributed by atoms with van der Waals surface area (Å²) in [6, 6.07) is 2.27. The summed E-state index contributed by atoms with van der Waals surface area (Å²) >= 11 is 0. The van der Waals surface area contributed by atoms with E-state index >= 15 is 0 Å². The molecule has 0 saturated heterocycles. The molecule has 0 aliphatic carbocycles. The molecule has 0 aliphatic heterocycles. The van der Waals surface area contributed by atoms with Crippen molar-refractivity contribution >= 4 is 0 Å². The summed E-state index contributed by atoms with van der Waals surface area (Å²) in [4.78, 5) is 0. The van der Waals surface area contributed by atoms with Gasteiger partial charge in [-0.1, -0.05) is 0 Å². The van der Waals surface area contributed by atoms with Gasteiger partial charge in [0, 0.05) is 20.1 Å². The highest BCUT2D eigenvalue weighted by Crippen LogP contribution is 2.23. The van der Waals surface area contributed by atoms with Crippen molar-refractivity contribution in [3.63, 3.8) is 0 Å². The van der Waals surface area contributed by atoms with Crippen molar-refractivity contribution in [3.05, 3.63) is 29.3 Å². The second kappa shape index (κ2) is 6.40. The molecule has 90 valence electrons. The lowest BCUT2D eigenvalue weighted by Crippen LogP contribution is -2.05. The Morgan fingerprint density at radius 2 is 2.00 bits per heavy atom. The quantitative estimate of drug-likeness (QED) is 0.761. The van der Waals surface area contributed by atoms with E-state index in [0.717, 1.165) is 6.07 Å². The Bertz CT molecular complexity index is 342. The third kappa shape index (κ3) is 3.15. The molecule has 3 nitrogen and oxygen atoms in total. The maximum absolute atomic E-state index is 13.2. The van der Waals surface area contributed by atoms with Crippen LogP contribution in [-0.4, -0.2) is 25.4 Å². The first-order chi connectivity index (χ1) is 7.70. The van der Waals surface area contributed by atoms with Gasteiger partial charge in [-0.15, -0.1) is 0 Å². The van der Waals surface area contributed by atoms with E-state index in [2.05, 4.69) is 0 Å². The van der Waals surface area contributed by atoms with Crippen LogP contribution >= 0.6 is 0 Å². The molecular weight excluding hydrogens is 218 g/mol. The Morgan fingerprint density at radius 1 is 1.25 bits per heavy atom. The molecule has 0 aromatic heterocycles. The van der Waals surface area contributed by atoms with Crippen molar-refractivity contribution in [2.24, 2.45) is 0 Å². The van der Waals surface area contributed by atoms with Crippen LogP contribution < -0.4 is 4.74 Å². The molecule has 0 spiro atoms. The maximum atomic E-state index is 13.2. The number of aliphatic hydroxyl groups is 1. The van der Waals surface area contributed by atoms with Gasteiger partial charge in [0.25, 0.3) is 0 Å². The highest BCUT2D eigenvalue weighted by Gasteiger charge is 2.13. The average Bonchev–Trinajstić information content (AvgIpc) is 2.29. The van der Waals surface area contributed by atoms with Gasteiger partial charge in [0.15, 0.2) is 11.6 Å². The lowest BCUT2D eigenvalue weighted by Gasteiger charge is -2.10. The van der Waals surface area contributed by atoms with Crippen molar-refractivity contribution in [2.75, 3.05) is 20.3 Å². The third-order valence-corrected chi connectivity index (χ3v) is 2.06. The summed E-state index contributed by atoms with van der Waals surface area (Å²) in [5.41, 5.74) is -0.155. The predicted octanol–water partition coefficient (Wildman–Crippen LogP) is 1.87. The lowest BCUT2D eigenvalue weighted by atomic mass is 10.2. The molecule has 0 aliphatic rings. The smallest absolute Gasteiger partial charge is 0.168 e. The lowest BCUT2D eigenvalue weighted by molar-refractivity contribution is 0.170. The zero-order valence-corrected chi connectivity index (χ0v) is 9.00. The molecule has 0 atom stereocenters. The molecule has 5 heteroatoms. The van der Waals surface area contributed by atoms with Crippen LogP contribution in [0.3, 0.4) is 0 Å². The molecule has 0 saturated carbocycles. The number of hydrogen-bond donors (Lipinski definition) is 1. The molecule has 1 aromatic carbocycles. The van der Waals surface area contributed by atoms with Crippen molar-refractivity contribution in [1.29, 1.82) is 0 Å². The third-order valence-electron chi connectivity index (χ3n) is 2.06. The number of methoxy groups -OCH3 is 1. The normalized spacial score (nSPS) is 10.5. The second-order valence-electron chi connectivity index (χ2n) is 3.19. The summed E-state index contributed by atoms with van der Waals surface area (Å²) in [5.74, 6) is -1.89. The summed E-state index contributed by atoms with van der Waals surface area (Å²) in [5, 5.41) is 8.92. The van der Waals surface area contributed by atoms with Gasteiger partial charge in [0.2, 0.25) is 0 Å². The monoisotopic (exact) mass is 232 g/mol. The van der Waals surface area contributed by atoms with Gasteiger partial charge in [0.05, 0.1) is 18.8 Å². The maximum Gasteiger partial charge on any atom is 0.168 e. The molecule has 0 heterocycles. The minimum atomic E-state index is -1.06. The van der Waals surface area contributed by atoms with Crippen LogP contribution in [0.2, 0.25) is 0 Å². The predicted molar refractivity (Wildman–Crippen MR) is 54.3 cm³/mol. The van der Waals surface area contributed by atoms with Crippen molar-refractivity contribution < 1.29 is 23.4 Å². The standard InChI is InChI=1S/C11H14F2O3/c1-15-5-2-6-16-10-4-3-9(12)11(13)8(10)7-14/h3-4,14H,2,5-7H2,1H3. The summed E-state index contributed by atoms with van der Waals surface area (Å²) < 4.78 is 36.1. The number of halogens is 2. The molecule has 0 amide bonds. The van der Waals surface area contributed by atoms with Gasteiger partial charge in [-0.2, -0.15) is 0 Å². The van der Waals surface area contributed by atoms with E-state index in [-0.39, 0.29) is 11.3 Å². The van der Waals surface area contributed by atoms with Crippen molar-refractivity contribution in [2.45, 2.75) is 13.0 Å². The molecule has 1 N–H and O–H groups in total. The zero-order valence-electron chi connectivity index (χ0n) is 9.00. The number of hydrogen-bond acceptors (Lipinski definition) is 3. The van der Waals surface area contributed by atoms with Crippen LogP contribution in [0.25, 0.3) is 0 Å². The Hall–Kier alpha value is -1.20. The fraction of sp³-hybridized carbons (Fsp3) is 0.455. The molecule has 0 bridgehead atoms. The topological polar surface area (TPSA) is 38.7 Å². The summed E-state index contributed by atoms with van der Waals surface area (Å²) in [6.45, 7) is 0.257. The Balaban J connectivity index is 2.68. The molecule has 16 heavy (non-hydrogen) atoms. The van der Waals surface area contributed by atoms with Gasteiger partial charge in [-0.3, -0.25) is 0 Å². The van der Waals surface area contributed by atoms with Crippen LogP contribution in [0.1, 0.15) is 12.0 Å². The van der Waals surface area contributed by atoms with Crippen LogP contribution in [-0.2, 0) is 11.3 Å². The Labute approximate surface area is 92.6 Å². The number of ether oxygens (including phenoxy) is 2. The molecular formula is C11H14F2O3. The highest BCUT2D eigenvalue weighted by atomic mass is 19.2. The van der Waals surface area contributed by atoms with E-state index in [1.807, 2.05) is 0 Å². The Morgan fingerprint density at radius 3 is 2.62 bits per heavy atom. The second-order valence-corrected chi connectivity index (χ2v) is 3.19. The largest absolute Gasteiger partial charge is 0.493 e. The zero-order chi connectivity index (χ0) is 12.0. The first kappa shape index (κ1) is 12.9. The van der Waals surface area contributed by atoms with E-state index in [0.29, 0.717) is 19.6 Å².